The molecule has 0 radical (unpaired) electrons. The molecule has 5 nitrogen and oxygen atoms in total. The predicted molar refractivity (Wildman–Crippen MR) is 71.6 cm³/mol. The highest BCUT2D eigenvalue weighted by atomic mass is 15.0. The molecule has 0 amide bonds. The molecule has 0 aliphatic heterocycles. The standard InChI is InChI=1S/C13H11N5/c14-12-7-11(17-13(15)18-12)9-3-4-10-8(6-9)2-1-5-16-10/h1-7H,(H4,14,15,17,18). The number of benzene rings is 1. The lowest BCUT2D eigenvalue weighted by Gasteiger charge is -2.04. The second-order valence-corrected chi connectivity index (χ2v) is 3.95. The van der Waals surface area contributed by atoms with E-state index >= 15 is 0 Å². The van der Waals surface area contributed by atoms with Gasteiger partial charge in [0.15, 0.2) is 0 Å². The summed E-state index contributed by atoms with van der Waals surface area (Å²) in [4.78, 5) is 12.3. The van der Waals surface area contributed by atoms with Crippen LogP contribution in [-0.4, -0.2) is 15.0 Å². The Morgan fingerprint density at radius 3 is 2.67 bits per heavy atom. The van der Waals surface area contributed by atoms with Gasteiger partial charge in [0.2, 0.25) is 5.95 Å². The van der Waals surface area contributed by atoms with Crippen molar-refractivity contribution in [1.29, 1.82) is 0 Å². The van der Waals surface area contributed by atoms with E-state index in [1.165, 1.54) is 0 Å². The zero-order chi connectivity index (χ0) is 12.5. The number of nitrogen functional groups attached to an aromatic ring is 2. The summed E-state index contributed by atoms with van der Waals surface area (Å²) in [5.74, 6) is 0.542. The number of hydrogen-bond acceptors (Lipinski definition) is 5. The van der Waals surface area contributed by atoms with Crippen molar-refractivity contribution in [3.63, 3.8) is 0 Å². The molecule has 0 saturated heterocycles. The Morgan fingerprint density at radius 2 is 1.83 bits per heavy atom. The van der Waals surface area contributed by atoms with E-state index in [1.807, 2.05) is 30.3 Å². The van der Waals surface area contributed by atoms with Crippen molar-refractivity contribution in [3.05, 3.63) is 42.6 Å². The Hall–Kier alpha value is -2.69. The predicted octanol–water partition coefficient (Wildman–Crippen LogP) is 1.86. The molecule has 0 aliphatic carbocycles. The molecule has 0 saturated carbocycles. The summed E-state index contributed by atoms with van der Waals surface area (Å²) >= 11 is 0. The molecule has 5 heteroatoms. The Labute approximate surface area is 104 Å². The van der Waals surface area contributed by atoms with E-state index in [0.717, 1.165) is 16.5 Å². The summed E-state index contributed by atoms with van der Waals surface area (Å²) < 4.78 is 0. The third-order valence-corrected chi connectivity index (χ3v) is 2.66. The van der Waals surface area contributed by atoms with Crippen LogP contribution in [0.5, 0.6) is 0 Å². The van der Waals surface area contributed by atoms with Crippen LogP contribution in [0.1, 0.15) is 0 Å². The molecule has 0 spiro atoms. The molecule has 0 bridgehead atoms. The van der Waals surface area contributed by atoms with Gasteiger partial charge in [-0.15, -0.1) is 0 Å². The Kier molecular flexibility index (Phi) is 2.30. The van der Waals surface area contributed by atoms with Crippen LogP contribution in [0, 0.1) is 0 Å². The van der Waals surface area contributed by atoms with E-state index in [1.54, 1.807) is 12.3 Å². The van der Waals surface area contributed by atoms with Gasteiger partial charge >= 0.3 is 0 Å². The fraction of sp³-hybridized carbons (Fsp3) is 0. The van der Waals surface area contributed by atoms with Crippen molar-refractivity contribution in [1.82, 2.24) is 15.0 Å². The molecule has 4 N–H and O–H groups in total. The second kappa shape index (κ2) is 3.96. The molecule has 1 aromatic carbocycles. The number of rotatable bonds is 1. The van der Waals surface area contributed by atoms with Crippen LogP contribution in [0.3, 0.4) is 0 Å². The van der Waals surface area contributed by atoms with Crippen molar-refractivity contribution < 1.29 is 0 Å². The molecular weight excluding hydrogens is 226 g/mol. The molecule has 18 heavy (non-hydrogen) atoms. The van der Waals surface area contributed by atoms with Gasteiger partial charge in [-0.25, -0.2) is 4.98 Å². The van der Waals surface area contributed by atoms with E-state index < -0.39 is 0 Å². The van der Waals surface area contributed by atoms with E-state index in [-0.39, 0.29) is 5.95 Å². The maximum absolute atomic E-state index is 5.67. The Bertz CT molecular complexity index is 703. The van der Waals surface area contributed by atoms with Gasteiger partial charge in [0.25, 0.3) is 0 Å². The number of anilines is 2. The van der Waals surface area contributed by atoms with Gasteiger partial charge in [-0.05, 0) is 18.2 Å². The van der Waals surface area contributed by atoms with Crippen molar-refractivity contribution in [2.75, 3.05) is 11.5 Å². The van der Waals surface area contributed by atoms with Gasteiger partial charge in [0.05, 0.1) is 11.2 Å². The summed E-state index contributed by atoms with van der Waals surface area (Å²) in [5, 5.41) is 1.05. The van der Waals surface area contributed by atoms with Crippen molar-refractivity contribution in [2.45, 2.75) is 0 Å². The minimum absolute atomic E-state index is 0.177. The zero-order valence-corrected chi connectivity index (χ0v) is 9.54. The molecule has 0 unspecified atom stereocenters. The third kappa shape index (κ3) is 1.82. The maximum Gasteiger partial charge on any atom is 0.222 e. The molecule has 0 atom stereocenters. The SMILES string of the molecule is Nc1cc(-c2ccc3ncccc3c2)nc(N)n1. The monoisotopic (exact) mass is 237 g/mol. The number of fused-ring (bicyclic) bond motifs is 1. The number of pyridine rings is 1. The van der Waals surface area contributed by atoms with Gasteiger partial charge < -0.3 is 11.5 Å². The molecule has 88 valence electrons. The lowest BCUT2D eigenvalue weighted by Crippen LogP contribution is -2.00. The lowest BCUT2D eigenvalue weighted by atomic mass is 10.1. The average Bonchev–Trinajstić information content (AvgIpc) is 2.37. The van der Waals surface area contributed by atoms with E-state index in [2.05, 4.69) is 15.0 Å². The van der Waals surface area contributed by atoms with E-state index in [4.69, 9.17) is 11.5 Å². The second-order valence-electron chi connectivity index (χ2n) is 3.95. The van der Waals surface area contributed by atoms with Crippen LogP contribution in [0.25, 0.3) is 22.2 Å². The summed E-state index contributed by atoms with van der Waals surface area (Å²) in [6, 6.07) is 11.5. The molecule has 0 aliphatic rings. The minimum atomic E-state index is 0.177. The normalized spacial score (nSPS) is 10.7. The van der Waals surface area contributed by atoms with Crippen LogP contribution in [0.15, 0.2) is 42.6 Å². The minimum Gasteiger partial charge on any atom is -0.384 e. The summed E-state index contributed by atoms with van der Waals surface area (Å²) in [6.07, 6.45) is 1.77. The first-order valence-corrected chi connectivity index (χ1v) is 5.47. The fourth-order valence-corrected chi connectivity index (χ4v) is 1.87. The third-order valence-electron chi connectivity index (χ3n) is 2.66. The quantitative estimate of drug-likeness (QED) is 0.674. The zero-order valence-electron chi connectivity index (χ0n) is 9.54. The van der Waals surface area contributed by atoms with E-state index in [9.17, 15) is 0 Å². The molecular formula is C13H11N5. The first-order chi connectivity index (χ1) is 8.72. The smallest absolute Gasteiger partial charge is 0.222 e. The summed E-state index contributed by atoms with van der Waals surface area (Å²) in [6.45, 7) is 0. The fourth-order valence-electron chi connectivity index (χ4n) is 1.87. The molecule has 2 heterocycles. The largest absolute Gasteiger partial charge is 0.384 e. The number of nitrogens with two attached hydrogens (primary N) is 2. The maximum atomic E-state index is 5.67. The highest BCUT2D eigenvalue weighted by molar-refractivity contribution is 5.83. The Balaban J connectivity index is 2.19. The van der Waals surface area contributed by atoms with Crippen molar-refractivity contribution in [3.8, 4) is 11.3 Å². The number of nitrogens with zero attached hydrogens (tertiary/aromatic N) is 3. The molecule has 3 rings (SSSR count). The summed E-state index contributed by atoms with van der Waals surface area (Å²) in [7, 11) is 0. The number of hydrogen-bond donors (Lipinski definition) is 2. The van der Waals surface area contributed by atoms with Gasteiger partial charge in [0, 0.05) is 23.2 Å². The van der Waals surface area contributed by atoms with Crippen LogP contribution in [-0.2, 0) is 0 Å². The first-order valence-electron chi connectivity index (χ1n) is 5.47. The van der Waals surface area contributed by atoms with E-state index in [0.29, 0.717) is 11.5 Å². The van der Waals surface area contributed by atoms with Gasteiger partial charge in [-0.3, -0.25) is 4.98 Å². The highest BCUT2D eigenvalue weighted by Gasteiger charge is 2.04. The first kappa shape index (κ1) is 10.5. The lowest BCUT2D eigenvalue weighted by molar-refractivity contribution is 1.20. The highest BCUT2D eigenvalue weighted by Crippen LogP contribution is 2.23. The Morgan fingerprint density at radius 1 is 0.944 bits per heavy atom. The average molecular weight is 237 g/mol. The van der Waals surface area contributed by atoms with Crippen LogP contribution in [0.2, 0.25) is 0 Å². The van der Waals surface area contributed by atoms with Crippen LogP contribution in [0.4, 0.5) is 11.8 Å². The van der Waals surface area contributed by atoms with Gasteiger partial charge in [-0.1, -0.05) is 12.1 Å². The summed E-state index contributed by atoms with van der Waals surface area (Å²) in [5.41, 5.74) is 13.9. The van der Waals surface area contributed by atoms with Gasteiger partial charge in [-0.2, -0.15) is 4.98 Å². The van der Waals surface area contributed by atoms with Gasteiger partial charge in [0.1, 0.15) is 5.82 Å². The number of aromatic nitrogens is 3. The topological polar surface area (TPSA) is 90.7 Å². The van der Waals surface area contributed by atoms with Crippen molar-refractivity contribution in [2.24, 2.45) is 0 Å². The van der Waals surface area contributed by atoms with Crippen molar-refractivity contribution >= 4 is 22.7 Å². The molecule has 3 aromatic rings. The molecule has 0 fully saturated rings. The van der Waals surface area contributed by atoms with Crippen LogP contribution >= 0.6 is 0 Å². The molecule has 2 aromatic heterocycles. The van der Waals surface area contributed by atoms with Crippen LogP contribution < -0.4 is 11.5 Å².